The van der Waals surface area contributed by atoms with E-state index in [0.717, 1.165) is 18.8 Å². The van der Waals surface area contributed by atoms with Gasteiger partial charge in [-0.25, -0.2) is 0 Å². The average Bonchev–Trinajstić information content (AvgIpc) is 2.60. The summed E-state index contributed by atoms with van der Waals surface area (Å²) in [6.07, 6.45) is 0.445. The highest BCUT2D eigenvalue weighted by Gasteiger charge is 2.08. The second kappa shape index (κ2) is 8.72. The Balaban J connectivity index is 1.81. The van der Waals surface area contributed by atoms with Gasteiger partial charge in [0, 0.05) is 25.2 Å². The quantitative estimate of drug-likeness (QED) is 0.853. The van der Waals surface area contributed by atoms with Crippen molar-refractivity contribution in [1.29, 1.82) is 5.26 Å². The molecular formula is C19H21N3O. The standard InChI is InChI=1S/C19H21N3O/c1-2-22(15-17-6-4-3-5-7-17)13-12-19(23)21-18-10-8-16(14-20)9-11-18/h3-11H,2,12-13,15H2,1H3,(H,21,23). The molecule has 0 bridgehead atoms. The second-order valence-corrected chi connectivity index (χ2v) is 5.34. The smallest absolute Gasteiger partial charge is 0.225 e. The van der Waals surface area contributed by atoms with Gasteiger partial charge in [0.1, 0.15) is 0 Å². The van der Waals surface area contributed by atoms with Crippen molar-refractivity contribution >= 4 is 11.6 Å². The third-order valence-corrected chi connectivity index (χ3v) is 3.65. The molecule has 23 heavy (non-hydrogen) atoms. The third-order valence-electron chi connectivity index (χ3n) is 3.65. The highest BCUT2D eigenvalue weighted by atomic mass is 16.1. The van der Waals surface area contributed by atoms with Crippen LogP contribution in [0.1, 0.15) is 24.5 Å². The lowest BCUT2D eigenvalue weighted by atomic mass is 10.2. The summed E-state index contributed by atoms with van der Waals surface area (Å²) in [7, 11) is 0. The molecule has 0 aromatic heterocycles. The number of hydrogen-bond donors (Lipinski definition) is 1. The Morgan fingerprint density at radius 2 is 1.83 bits per heavy atom. The first-order chi connectivity index (χ1) is 11.2. The number of anilines is 1. The molecule has 0 saturated heterocycles. The predicted octanol–water partition coefficient (Wildman–Crippen LogP) is 3.41. The van der Waals surface area contributed by atoms with Crippen LogP contribution in [0.5, 0.6) is 0 Å². The van der Waals surface area contributed by atoms with Crippen LogP contribution < -0.4 is 5.32 Å². The molecule has 2 rings (SSSR count). The molecule has 0 unspecified atom stereocenters. The molecule has 118 valence electrons. The van der Waals surface area contributed by atoms with E-state index >= 15 is 0 Å². The summed E-state index contributed by atoms with van der Waals surface area (Å²) in [6, 6.07) is 19.2. The van der Waals surface area contributed by atoms with Crippen LogP contribution in [0.2, 0.25) is 0 Å². The molecule has 0 heterocycles. The molecule has 0 radical (unpaired) electrons. The summed E-state index contributed by atoms with van der Waals surface area (Å²) in [5.41, 5.74) is 2.56. The number of nitrogens with zero attached hydrogens (tertiary/aromatic N) is 2. The fourth-order valence-corrected chi connectivity index (χ4v) is 2.30. The molecule has 0 atom stereocenters. The van der Waals surface area contributed by atoms with Gasteiger partial charge in [-0.15, -0.1) is 0 Å². The van der Waals surface area contributed by atoms with Crippen LogP contribution in [0.4, 0.5) is 5.69 Å². The van der Waals surface area contributed by atoms with Gasteiger partial charge in [0.25, 0.3) is 0 Å². The number of nitrogens with one attached hydrogen (secondary N) is 1. The maximum absolute atomic E-state index is 12.0. The Morgan fingerprint density at radius 1 is 1.13 bits per heavy atom. The van der Waals surface area contributed by atoms with Crippen molar-refractivity contribution in [2.24, 2.45) is 0 Å². The van der Waals surface area contributed by atoms with Crippen molar-refractivity contribution in [2.45, 2.75) is 19.9 Å². The minimum absolute atomic E-state index is 0.0128. The molecule has 0 saturated carbocycles. The summed E-state index contributed by atoms with van der Waals surface area (Å²) in [6.45, 7) is 4.56. The van der Waals surface area contributed by atoms with Crippen LogP contribution in [-0.2, 0) is 11.3 Å². The molecule has 2 aromatic carbocycles. The van der Waals surface area contributed by atoms with Crippen molar-refractivity contribution in [3.8, 4) is 6.07 Å². The number of nitriles is 1. The van der Waals surface area contributed by atoms with E-state index < -0.39 is 0 Å². The number of benzene rings is 2. The van der Waals surface area contributed by atoms with Crippen molar-refractivity contribution in [2.75, 3.05) is 18.4 Å². The lowest BCUT2D eigenvalue weighted by Gasteiger charge is -2.20. The minimum Gasteiger partial charge on any atom is -0.326 e. The van der Waals surface area contributed by atoms with Crippen molar-refractivity contribution in [1.82, 2.24) is 4.90 Å². The van der Waals surface area contributed by atoms with Crippen LogP contribution in [0, 0.1) is 11.3 Å². The SMILES string of the molecule is CCN(CCC(=O)Nc1ccc(C#N)cc1)Cc1ccccc1. The van der Waals surface area contributed by atoms with E-state index in [0.29, 0.717) is 18.5 Å². The van der Waals surface area contributed by atoms with Crippen molar-refractivity contribution < 1.29 is 4.79 Å². The zero-order valence-corrected chi connectivity index (χ0v) is 13.3. The molecule has 0 aliphatic rings. The lowest BCUT2D eigenvalue weighted by molar-refractivity contribution is -0.116. The van der Waals surface area contributed by atoms with Gasteiger partial charge < -0.3 is 5.32 Å². The fraction of sp³-hybridized carbons (Fsp3) is 0.263. The second-order valence-electron chi connectivity index (χ2n) is 5.34. The first-order valence-electron chi connectivity index (χ1n) is 7.77. The molecule has 0 fully saturated rings. The lowest BCUT2D eigenvalue weighted by Crippen LogP contribution is -2.27. The summed E-state index contributed by atoms with van der Waals surface area (Å²) in [4.78, 5) is 14.3. The topological polar surface area (TPSA) is 56.1 Å². The molecular weight excluding hydrogens is 286 g/mol. The maximum Gasteiger partial charge on any atom is 0.225 e. The Kier molecular flexibility index (Phi) is 6.34. The summed E-state index contributed by atoms with van der Waals surface area (Å²) in [5.74, 6) is -0.0128. The maximum atomic E-state index is 12.0. The van der Waals surface area contributed by atoms with Crippen LogP contribution in [0.25, 0.3) is 0 Å². The molecule has 4 heteroatoms. The Labute approximate surface area is 137 Å². The van der Waals surface area contributed by atoms with Crippen LogP contribution in [0.3, 0.4) is 0 Å². The largest absolute Gasteiger partial charge is 0.326 e. The monoisotopic (exact) mass is 307 g/mol. The van der Waals surface area contributed by atoms with E-state index in [9.17, 15) is 4.79 Å². The molecule has 4 nitrogen and oxygen atoms in total. The fourth-order valence-electron chi connectivity index (χ4n) is 2.30. The zero-order chi connectivity index (χ0) is 16.5. The third kappa shape index (κ3) is 5.57. The first-order valence-corrected chi connectivity index (χ1v) is 7.77. The van der Waals surface area contributed by atoms with Gasteiger partial charge in [0.2, 0.25) is 5.91 Å². The summed E-state index contributed by atoms with van der Waals surface area (Å²) in [5, 5.41) is 11.6. The first kappa shape index (κ1) is 16.7. The van der Waals surface area contributed by atoms with Gasteiger partial charge >= 0.3 is 0 Å². The van der Waals surface area contributed by atoms with Gasteiger partial charge in [0.15, 0.2) is 0 Å². The minimum atomic E-state index is -0.0128. The van der Waals surface area contributed by atoms with Crippen molar-refractivity contribution in [3.63, 3.8) is 0 Å². The predicted molar refractivity (Wildman–Crippen MR) is 91.8 cm³/mol. The number of rotatable bonds is 7. The molecule has 0 aliphatic heterocycles. The number of hydrogen-bond acceptors (Lipinski definition) is 3. The molecule has 2 aromatic rings. The van der Waals surface area contributed by atoms with Gasteiger partial charge in [0.05, 0.1) is 11.6 Å². The number of carbonyl (C=O) groups is 1. The van der Waals surface area contributed by atoms with Gasteiger partial charge in [-0.1, -0.05) is 37.3 Å². The molecule has 1 amide bonds. The number of amides is 1. The van der Waals surface area contributed by atoms with E-state index in [1.54, 1.807) is 24.3 Å². The van der Waals surface area contributed by atoms with Crippen LogP contribution in [-0.4, -0.2) is 23.9 Å². The normalized spacial score (nSPS) is 10.3. The van der Waals surface area contributed by atoms with Crippen LogP contribution >= 0.6 is 0 Å². The Hall–Kier alpha value is -2.64. The highest BCUT2D eigenvalue weighted by molar-refractivity contribution is 5.90. The van der Waals surface area contributed by atoms with Gasteiger partial charge in [-0.3, -0.25) is 9.69 Å². The van der Waals surface area contributed by atoms with E-state index in [2.05, 4.69) is 35.3 Å². The van der Waals surface area contributed by atoms with Crippen molar-refractivity contribution in [3.05, 3.63) is 65.7 Å². The van der Waals surface area contributed by atoms with E-state index in [4.69, 9.17) is 5.26 Å². The van der Waals surface area contributed by atoms with Gasteiger partial charge in [-0.2, -0.15) is 5.26 Å². The summed E-state index contributed by atoms with van der Waals surface area (Å²) < 4.78 is 0. The average molecular weight is 307 g/mol. The molecule has 1 N–H and O–H groups in total. The van der Waals surface area contributed by atoms with E-state index in [1.807, 2.05) is 18.2 Å². The highest BCUT2D eigenvalue weighted by Crippen LogP contribution is 2.10. The van der Waals surface area contributed by atoms with E-state index in [1.165, 1.54) is 5.56 Å². The Morgan fingerprint density at radius 3 is 2.43 bits per heavy atom. The molecule has 0 aliphatic carbocycles. The summed E-state index contributed by atoms with van der Waals surface area (Å²) >= 11 is 0. The Bertz CT molecular complexity index is 659. The zero-order valence-electron chi connectivity index (χ0n) is 13.3. The van der Waals surface area contributed by atoms with Gasteiger partial charge in [-0.05, 0) is 36.4 Å². The number of carbonyl (C=O) groups excluding carboxylic acids is 1. The molecule has 0 spiro atoms. The van der Waals surface area contributed by atoms with Crippen LogP contribution in [0.15, 0.2) is 54.6 Å². The van der Waals surface area contributed by atoms with E-state index in [-0.39, 0.29) is 5.91 Å².